The van der Waals surface area contributed by atoms with Crippen LogP contribution >= 0.6 is 0 Å². The van der Waals surface area contributed by atoms with Gasteiger partial charge in [0.1, 0.15) is 5.75 Å². The zero-order chi connectivity index (χ0) is 13.2. The highest BCUT2D eigenvalue weighted by Crippen LogP contribution is 2.11. The summed E-state index contributed by atoms with van der Waals surface area (Å²) in [6.45, 7) is 0.898. The predicted molar refractivity (Wildman–Crippen MR) is 70.6 cm³/mol. The molecule has 0 radical (unpaired) electrons. The molecule has 0 aliphatic heterocycles. The summed E-state index contributed by atoms with van der Waals surface area (Å²) in [6.07, 6.45) is 3.05. The van der Waals surface area contributed by atoms with Crippen molar-refractivity contribution < 1.29 is 14.6 Å². The summed E-state index contributed by atoms with van der Waals surface area (Å²) in [6, 6.07) is 7.49. The van der Waals surface area contributed by atoms with Gasteiger partial charge in [-0.05, 0) is 37.0 Å². The SMILES string of the molecule is COc1ccc(CC(=O)NCCCCCO)cc1. The number of amides is 1. The molecule has 1 rings (SSSR count). The van der Waals surface area contributed by atoms with Crippen molar-refractivity contribution in [1.29, 1.82) is 0 Å². The summed E-state index contributed by atoms with van der Waals surface area (Å²) in [5.74, 6) is 0.826. The zero-order valence-corrected chi connectivity index (χ0v) is 10.8. The van der Waals surface area contributed by atoms with Gasteiger partial charge in [-0.1, -0.05) is 12.1 Å². The zero-order valence-electron chi connectivity index (χ0n) is 10.8. The molecule has 0 spiro atoms. The van der Waals surface area contributed by atoms with Gasteiger partial charge < -0.3 is 15.2 Å². The van der Waals surface area contributed by atoms with E-state index in [1.807, 2.05) is 24.3 Å². The maximum atomic E-state index is 11.6. The van der Waals surface area contributed by atoms with Crippen LogP contribution in [0.2, 0.25) is 0 Å². The Balaban J connectivity index is 2.22. The number of nitrogens with one attached hydrogen (secondary N) is 1. The molecule has 0 aliphatic rings. The number of ether oxygens (including phenoxy) is 1. The van der Waals surface area contributed by atoms with Gasteiger partial charge in [0.05, 0.1) is 13.5 Å². The molecule has 0 aliphatic carbocycles. The molecule has 1 aromatic rings. The summed E-state index contributed by atoms with van der Waals surface area (Å²) < 4.78 is 5.06. The van der Waals surface area contributed by atoms with Crippen molar-refractivity contribution in [1.82, 2.24) is 5.32 Å². The van der Waals surface area contributed by atoms with E-state index in [0.29, 0.717) is 13.0 Å². The first-order valence-electron chi connectivity index (χ1n) is 6.26. The lowest BCUT2D eigenvalue weighted by Crippen LogP contribution is -2.26. The first-order valence-corrected chi connectivity index (χ1v) is 6.26. The van der Waals surface area contributed by atoms with Crippen molar-refractivity contribution in [3.8, 4) is 5.75 Å². The lowest BCUT2D eigenvalue weighted by molar-refractivity contribution is -0.120. The third-order valence-electron chi connectivity index (χ3n) is 2.68. The Morgan fingerprint density at radius 1 is 1.22 bits per heavy atom. The number of aliphatic hydroxyl groups is 1. The van der Waals surface area contributed by atoms with Crippen LogP contribution in [0.3, 0.4) is 0 Å². The van der Waals surface area contributed by atoms with Crippen molar-refractivity contribution in [2.75, 3.05) is 20.3 Å². The van der Waals surface area contributed by atoms with Crippen LogP contribution in [0.25, 0.3) is 0 Å². The van der Waals surface area contributed by atoms with E-state index in [1.54, 1.807) is 7.11 Å². The van der Waals surface area contributed by atoms with E-state index in [9.17, 15) is 4.79 Å². The average molecular weight is 251 g/mol. The van der Waals surface area contributed by atoms with Crippen LogP contribution in [-0.2, 0) is 11.2 Å². The molecular formula is C14H21NO3. The Labute approximate surface area is 108 Å². The van der Waals surface area contributed by atoms with Crippen LogP contribution < -0.4 is 10.1 Å². The minimum Gasteiger partial charge on any atom is -0.497 e. The van der Waals surface area contributed by atoms with Gasteiger partial charge in [-0.3, -0.25) is 4.79 Å². The molecular weight excluding hydrogens is 230 g/mol. The third kappa shape index (κ3) is 5.68. The molecule has 1 aromatic carbocycles. The second kappa shape index (κ2) is 8.53. The molecule has 1 amide bonds. The predicted octanol–water partition coefficient (Wildman–Crippen LogP) is 1.52. The number of carbonyl (C=O) groups is 1. The van der Waals surface area contributed by atoms with Gasteiger partial charge in [0.15, 0.2) is 0 Å². The second-order valence-corrected chi connectivity index (χ2v) is 4.16. The molecule has 0 atom stereocenters. The minimum atomic E-state index is 0.0316. The van der Waals surface area contributed by atoms with Gasteiger partial charge in [-0.15, -0.1) is 0 Å². The van der Waals surface area contributed by atoms with Crippen LogP contribution in [0.5, 0.6) is 5.75 Å². The first-order chi connectivity index (χ1) is 8.76. The maximum absolute atomic E-state index is 11.6. The van der Waals surface area contributed by atoms with Crippen molar-refractivity contribution in [2.24, 2.45) is 0 Å². The number of rotatable bonds is 8. The van der Waals surface area contributed by atoms with E-state index in [1.165, 1.54) is 0 Å². The molecule has 0 saturated carbocycles. The van der Waals surface area contributed by atoms with Crippen molar-refractivity contribution in [2.45, 2.75) is 25.7 Å². The fraction of sp³-hybridized carbons (Fsp3) is 0.500. The monoisotopic (exact) mass is 251 g/mol. The van der Waals surface area contributed by atoms with Crippen molar-refractivity contribution >= 4 is 5.91 Å². The standard InChI is InChI=1S/C14H21NO3/c1-18-13-7-5-12(6-8-13)11-14(17)15-9-3-2-4-10-16/h5-8,16H,2-4,9-11H2,1H3,(H,15,17). The van der Waals surface area contributed by atoms with Crippen LogP contribution in [0, 0.1) is 0 Å². The van der Waals surface area contributed by atoms with E-state index in [0.717, 1.165) is 30.6 Å². The van der Waals surface area contributed by atoms with Crippen molar-refractivity contribution in [3.05, 3.63) is 29.8 Å². The summed E-state index contributed by atoms with van der Waals surface area (Å²) >= 11 is 0. The number of methoxy groups -OCH3 is 1. The van der Waals surface area contributed by atoms with E-state index in [2.05, 4.69) is 5.32 Å². The van der Waals surface area contributed by atoms with Crippen LogP contribution in [0.15, 0.2) is 24.3 Å². The molecule has 0 unspecified atom stereocenters. The molecule has 2 N–H and O–H groups in total. The largest absolute Gasteiger partial charge is 0.497 e. The fourth-order valence-electron chi connectivity index (χ4n) is 1.63. The molecule has 0 bridgehead atoms. The lowest BCUT2D eigenvalue weighted by atomic mass is 10.1. The van der Waals surface area contributed by atoms with Gasteiger partial charge >= 0.3 is 0 Å². The van der Waals surface area contributed by atoms with Gasteiger partial charge in [0.2, 0.25) is 5.91 Å². The lowest BCUT2D eigenvalue weighted by Gasteiger charge is -2.05. The quantitative estimate of drug-likeness (QED) is 0.689. The number of hydrogen-bond donors (Lipinski definition) is 2. The van der Waals surface area contributed by atoms with E-state index >= 15 is 0 Å². The molecule has 0 aromatic heterocycles. The molecule has 100 valence electrons. The Morgan fingerprint density at radius 3 is 2.56 bits per heavy atom. The Bertz CT molecular complexity index is 349. The topological polar surface area (TPSA) is 58.6 Å². The van der Waals surface area contributed by atoms with Crippen molar-refractivity contribution in [3.63, 3.8) is 0 Å². The summed E-state index contributed by atoms with van der Waals surface area (Å²) in [5.41, 5.74) is 0.976. The Kier molecular flexibility index (Phi) is 6.87. The number of benzene rings is 1. The molecule has 4 nitrogen and oxygen atoms in total. The summed E-state index contributed by atoms with van der Waals surface area (Å²) in [4.78, 5) is 11.6. The second-order valence-electron chi connectivity index (χ2n) is 4.16. The highest BCUT2D eigenvalue weighted by Gasteiger charge is 2.02. The number of carbonyl (C=O) groups excluding carboxylic acids is 1. The Morgan fingerprint density at radius 2 is 1.94 bits per heavy atom. The van der Waals surface area contributed by atoms with Gasteiger partial charge in [0.25, 0.3) is 0 Å². The first kappa shape index (κ1) is 14.5. The highest BCUT2D eigenvalue weighted by atomic mass is 16.5. The van der Waals surface area contributed by atoms with Crippen LogP contribution in [0.1, 0.15) is 24.8 Å². The maximum Gasteiger partial charge on any atom is 0.224 e. The molecule has 18 heavy (non-hydrogen) atoms. The fourth-order valence-corrected chi connectivity index (χ4v) is 1.63. The van der Waals surface area contributed by atoms with E-state index in [-0.39, 0.29) is 12.5 Å². The van der Waals surface area contributed by atoms with Gasteiger partial charge in [-0.25, -0.2) is 0 Å². The van der Waals surface area contributed by atoms with Crippen LogP contribution in [-0.4, -0.2) is 31.3 Å². The normalized spacial score (nSPS) is 10.1. The average Bonchev–Trinajstić information content (AvgIpc) is 2.39. The number of aliphatic hydroxyl groups excluding tert-OH is 1. The Hall–Kier alpha value is -1.55. The van der Waals surface area contributed by atoms with Crippen LogP contribution in [0.4, 0.5) is 0 Å². The number of unbranched alkanes of at least 4 members (excludes halogenated alkanes) is 2. The minimum absolute atomic E-state index is 0.0316. The van der Waals surface area contributed by atoms with Gasteiger partial charge in [-0.2, -0.15) is 0 Å². The molecule has 4 heteroatoms. The highest BCUT2D eigenvalue weighted by molar-refractivity contribution is 5.78. The third-order valence-corrected chi connectivity index (χ3v) is 2.68. The smallest absolute Gasteiger partial charge is 0.224 e. The summed E-state index contributed by atoms with van der Waals surface area (Å²) in [7, 11) is 1.62. The van der Waals surface area contributed by atoms with E-state index < -0.39 is 0 Å². The summed E-state index contributed by atoms with van der Waals surface area (Å²) in [5, 5.41) is 11.5. The van der Waals surface area contributed by atoms with Gasteiger partial charge in [0, 0.05) is 13.2 Å². The molecule has 0 saturated heterocycles. The number of hydrogen-bond acceptors (Lipinski definition) is 3. The molecule has 0 fully saturated rings. The molecule has 0 heterocycles. The van der Waals surface area contributed by atoms with E-state index in [4.69, 9.17) is 9.84 Å².